The summed E-state index contributed by atoms with van der Waals surface area (Å²) in [7, 11) is 0. The molecule has 0 unspecified atom stereocenters. The number of aromatic carboxylic acids is 1. The van der Waals surface area contributed by atoms with Crippen molar-refractivity contribution in [2.75, 3.05) is 4.90 Å². The number of hydrogen-bond acceptors (Lipinski definition) is 5. The Kier molecular flexibility index (Phi) is 3.07. The van der Waals surface area contributed by atoms with Gasteiger partial charge in [-0.05, 0) is 19.1 Å². The van der Waals surface area contributed by atoms with Crippen LogP contribution in [0.25, 0.3) is 0 Å². The molecule has 1 aromatic carbocycles. The van der Waals surface area contributed by atoms with E-state index in [1.54, 1.807) is 0 Å². The summed E-state index contributed by atoms with van der Waals surface area (Å²) in [6.45, 7) is 1.45. The van der Waals surface area contributed by atoms with E-state index in [-0.39, 0.29) is 11.3 Å². The van der Waals surface area contributed by atoms with Crippen molar-refractivity contribution in [2.45, 2.75) is 6.92 Å². The molecule has 1 aliphatic heterocycles. The summed E-state index contributed by atoms with van der Waals surface area (Å²) in [6, 6.07) is 3.04. The average Bonchev–Trinajstić information content (AvgIpc) is 2.62. The predicted molar refractivity (Wildman–Crippen MR) is 66.3 cm³/mol. The molecule has 0 aromatic heterocycles. The van der Waals surface area contributed by atoms with Gasteiger partial charge in [-0.25, -0.2) is 9.69 Å². The molecule has 20 heavy (non-hydrogen) atoms. The largest absolute Gasteiger partial charge is 0.477 e. The molecule has 0 spiro atoms. The highest BCUT2D eigenvalue weighted by Gasteiger charge is 2.31. The van der Waals surface area contributed by atoms with E-state index in [4.69, 9.17) is 5.11 Å². The predicted octanol–water partition coefficient (Wildman–Crippen LogP) is 1.11. The molecule has 1 heterocycles. The number of carbonyl (C=O) groups is 3. The van der Waals surface area contributed by atoms with Gasteiger partial charge in [0.2, 0.25) is 0 Å². The average molecular weight is 276 g/mol. The summed E-state index contributed by atoms with van der Waals surface area (Å²) in [5.41, 5.74) is -0.996. The molecule has 0 bridgehead atoms. The molecule has 1 aliphatic rings. The number of imide groups is 1. The van der Waals surface area contributed by atoms with Crippen LogP contribution in [0.3, 0.4) is 0 Å². The monoisotopic (exact) mass is 276 g/mol. The van der Waals surface area contributed by atoms with Gasteiger partial charge in [0.25, 0.3) is 17.5 Å². The van der Waals surface area contributed by atoms with Crippen LogP contribution in [0, 0.1) is 10.1 Å². The highest BCUT2D eigenvalue weighted by Crippen LogP contribution is 2.28. The Morgan fingerprint density at radius 2 is 2.00 bits per heavy atom. The molecule has 0 atom stereocenters. The van der Waals surface area contributed by atoms with E-state index in [0.717, 1.165) is 29.2 Å². The van der Waals surface area contributed by atoms with E-state index in [1.807, 2.05) is 0 Å². The number of carboxylic acid groups (broad SMARTS) is 1. The van der Waals surface area contributed by atoms with Crippen molar-refractivity contribution in [1.29, 1.82) is 0 Å². The minimum Gasteiger partial charge on any atom is -0.477 e. The molecule has 2 amide bonds. The number of amides is 2. The van der Waals surface area contributed by atoms with Crippen molar-refractivity contribution in [2.24, 2.45) is 0 Å². The maximum absolute atomic E-state index is 11.8. The van der Waals surface area contributed by atoms with Gasteiger partial charge in [-0.2, -0.15) is 0 Å². The lowest BCUT2D eigenvalue weighted by atomic mass is 10.1. The highest BCUT2D eigenvalue weighted by molar-refractivity contribution is 6.30. The van der Waals surface area contributed by atoms with Gasteiger partial charge in [0, 0.05) is 17.7 Å². The first kappa shape index (κ1) is 13.4. The Bertz CT molecular complexity index is 691. The fourth-order valence-corrected chi connectivity index (χ4v) is 1.83. The third-order valence-corrected chi connectivity index (χ3v) is 2.77. The Hall–Kier alpha value is -3.03. The van der Waals surface area contributed by atoms with Gasteiger partial charge in [0.1, 0.15) is 5.56 Å². The number of nitro benzene ring substituents is 1. The van der Waals surface area contributed by atoms with E-state index in [0.29, 0.717) is 0 Å². The van der Waals surface area contributed by atoms with Gasteiger partial charge >= 0.3 is 5.97 Å². The van der Waals surface area contributed by atoms with Gasteiger partial charge < -0.3 is 5.11 Å². The minimum absolute atomic E-state index is 0.0175. The molecule has 8 nitrogen and oxygen atoms in total. The Balaban J connectivity index is 2.53. The van der Waals surface area contributed by atoms with Crippen molar-refractivity contribution in [3.8, 4) is 0 Å². The summed E-state index contributed by atoms with van der Waals surface area (Å²) in [5.74, 6) is -2.71. The Morgan fingerprint density at radius 3 is 2.45 bits per heavy atom. The van der Waals surface area contributed by atoms with Crippen molar-refractivity contribution in [3.05, 3.63) is 45.5 Å². The van der Waals surface area contributed by atoms with Crippen LogP contribution in [0.5, 0.6) is 0 Å². The minimum atomic E-state index is -1.51. The summed E-state index contributed by atoms with van der Waals surface area (Å²) < 4.78 is 0. The quantitative estimate of drug-likeness (QED) is 0.502. The highest BCUT2D eigenvalue weighted by atomic mass is 16.6. The van der Waals surface area contributed by atoms with Gasteiger partial charge in [-0.3, -0.25) is 19.7 Å². The van der Waals surface area contributed by atoms with Gasteiger partial charge in [-0.15, -0.1) is 0 Å². The molecule has 0 fully saturated rings. The number of rotatable bonds is 3. The van der Waals surface area contributed by atoms with E-state index in [2.05, 4.69) is 0 Å². The van der Waals surface area contributed by atoms with Gasteiger partial charge in [0.05, 0.1) is 10.6 Å². The number of anilines is 1. The maximum Gasteiger partial charge on any atom is 0.342 e. The third-order valence-electron chi connectivity index (χ3n) is 2.77. The number of carboxylic acids is 1. The standard InChI is InChI=1S/C12H8N2O6/c1-6-4-10(15)13(11(6)16)7-2-3-9(14(19)20)8(5-7)12(17)18/h2-5H,1H3,(H,17,18). The van der Waals surface area contributed by atoms with Gasteiger partial charge in [0.15, 0.2) is 0 Å². The SMILES string of the molecule is CC1=CC(=O)N(c2ccc([N+](=O)[O-])c(C(=O)O)c2)C1=O. The molecular weight excluding hydrogens is 268 g/mol. The number of benzene rings is 1. The molecule has 2 rings (SSSR count). The van der Waals surface area contributed by atoms with Gasteiger partial charge in [-0.1, -0.05) is 0 Å². The number of hydrogen-bond donors (Lipinski definition) is 1. The molecule has 1 aromatic rings. The molecular formula is C12H8N2O6. The lowest BCUT2D eigenvalue weighted by Crippen LogP contribution is -2.30. The Labute approximate surface area is 112 Å². The fourth-order valence-electron chi connectivity index (χ4n) is 1.83. The first-order chi connectivity index (χ1) is 9.32. The smallest absolute Gasteiger partial charge is 0.342 e. The molecule has 0 saturated heterocycles. The number of carbonyl (C=O) groups excluding carboxylic acids is 2. The first-order valence-electron chi connectivity index (χ1n) is 5.41. The van der Waals surface area contributed by atoms with Crippen LogP contribution in [0.4, 0.5) is 11.4 Å². The maximum atomic E-state index is 11.8. The molecule has 0 saturated carbocycles. The first-order valence-corrected chi connectivity index (χ1v) is 5.41. The van der Waals surface area contributed by atoms with Crippen molar-refractivity contribution in [1.82, 2.24) is 0 Å². The number of nitro groups is 1. The zero-order chi connectivity index (χ0) is 15.0. The van der Waals surface area contributed by atoms with Crippen LogP contribution in [0.1, 0.15) is 17.3 Å². The second-order valence-electron chi connectivity index (χ2n) is 4.07. The van der Waals surface area contributed by atoms with E-state index in [9.17, 15) is 24.5 Å². The summed E-state index contributed by atoms with van der Waals surface area (Å²) >= 11 is 0. The van der Waals surface area contributed by atoms with Crippen LogP contribution in [0.2, 0.25) is 0 Å². The van der Waals surface area contributed by atoms with Crippen LogP contribution < -0.4 is 4.90 Å². The Morgan fingerprint density at radius 1 is 1.35 bits per heavy atom. The molecule has 1 N–H and O–H groups in total. The van der Waals surface area contributed by atoms with E-state index in [1.165, 1.54) is 6.92 Å². The van der Waals surface area contributed by atoms with Crippen LogP contribution in [-0.2, 0) is 9.59 Å². The van der Waals surface area contributed by atoms with Crippen molar-refractivity contribution >= 4 is 29.2 Å². The van der Waals surface area contributed by atoms with Crippen LogP contribution >= 0.6 is 0 Å². The topological polar surface area (TPSA) is 118 Å². The van der Waals surface area contributed by atoms with Crippen LogP contribution in [0.15, 0.2) is 29.8 Å². The lowest BCUT2D eigenvalue weighted by Gasteiger charge is -2.14. The van der Waals surface area contributed by atoms with Crippen molar-refractivity contribution < 1.29 is 24.4 Å². The normalized spacial score (nSPS) is 14.4. The van der Waals surface area contributed by atoms with Crippen LogP contribution in [-0.4, -0.2) is 27.8 Å². The zero-order valence-electron chi connectivity index (χ0n) is 10.2. The second kappa shape index (κ2) is 4.57. The summed E-state index contributed by atoms with van der Waals surface area (Å²) in [5, 5.41) is 19.7. The third kappa shape index (κ3) is 2.03. The van der Waals surface area contributed by atoms with Crippen molar-refractivity contribution in [3.63, 3.8) is 0 Å². The molecule has 8 heteroatoms. The molecule has 0 radical (unpaired) electrons. The van der Waals surface area contributed by atoms with E-state index >= 15 is 0 Å². The summed E-state index contributed by atoms with van der Waals surface area (Å²) in [4.78, 5) is 45.1. The van der Waals surface area contributed by atoms with E-state index < -0.39 is 34.0 Å². The fraction of sp³-hybridized carbons (Fsp3) is 0.0833. The zero-order valence-corrected chi connectivity index (χ0v) is 10.2. The number of nitrogens with zero attached hydrogens (tertiary/aromatic N) is 2. The second-order valence-corrected chi connectivity index (χ2v) is 4.07. The molecule has 0 aliphatic carbocycles. The lowest BCUT2D eigenvalue weighted by molar-refractivity contribution is -0.385. The summed E-state index contributed by atoms with van der Waals surface area (Å²) in [6.07, 6.45) is 1.12. The molecule has 102 valence electrons.